The molecule has 3 fully saturated rings. The lowest BCUT2D eigenvalue weighted by molar-refractivity contribution is -0.160. The molecule has 14 heavy (non-hydrogen) atoms. The van der Waals surface area contributed by atoms with E-state index in [1.165, 1.54) is 0 Å². The standard InChI is InChI=1S/C10H12O4/c1-9-4-3-5(14-9)10(2)6(9)7(11)13-8(10)12/h5-6H,3-4H2,1-2H3/t5-,6+,9-,10+/m0/s1. The van der Waals surface area contributed by atoms with Crippen LogP contribution < -0.4 is 0 Å². The molecule has 0 aromatic rings. The van der Waals surface area contributed by atoms with Gasteiger partial charge in [-0.05, 0) is 26.7 Å². The van der Waals surface area contributed by atoms with E-state index >= 15 is 0 Å². The molecule has 0 saturated carbocycles. The van der Waals surface area contributed by atoms with Crippen LogP contribution in [0.2, 0.25) is 0 Å². The summed E-state index contributed by atoms with van der Waals surface area (Å²) in [4.78, 5) is 23.1. The number of esters is 2. The highest BCUT2D eigenvalue weighted by atomic mass is 16.6. The zero-order chi connectivity index (χ0) is 10.1. The third-order valence-corrected chi connectivity index (χ3v) is 4.06. The van der Waals surface area contributed by atoms with E-state index in [-0.39, 0.29) is 12.0 Å². The third-order valence-electron chi connectivity index (χ3n) is 4.06. The Morgan fingerprint density at radius 3 is 2.71 bits per heavy atom. The van der Waals surface area contributed by atoms with Crippen LogP contribution in [0, 0.1) is 11.3 Å². The molecule has 0 unspecified atom stereocenters. The predicted molar refractivity (Wildman–Crippen MR) is 45.2 cm³/mol. The van der Waals surface area contributed by atoms with E-state index in [1.807, 2.05) is 6.92 Å². The van der Waals surface area contributed by atoms with Gasteiger partial charge in [0.2, 0.25) is 0 Å². The second kappa shape index (κ2) is 2.03. The van der Waals surface area contributed by atoms with Crippen LogP contribution >= 0.6 is 0 Å². The van der Waals surface area contributed by atoms with E-state index in [0.29, 0.717) is 0 Å². The van der Waals surface area contributed by atoms with Crippen molar-refractivity contribution < 1.29 is 19.1 Å². The molecule has 3 heterocycles. The maximum absolute atomic E-state index is 11.6. The number of ether oxygens (including phenoxy) is 2. The van der Waals surface area contributed by atoms with Crippen molar-refractivity contribution >= 4 is 11.9 Å². The maximum atomic E-state index is 11.6. The monoisotopic (exact) mass is 196 g/mol. The van der Waals surface area contributed by atoms with Gasteiger partial charge in [-0.1, -0.05) is 0 Å². The Hall–Kier alpha value is -0.900. The van der Waals surface area contributed by atoms with Gasteiger partial charge in [-0.15, -0.1) is 0 Å². The highest BCUT2D eigenvalue weighted by Crippen LogP contribution is 2.61. The molecule has 4 nitrogen and oxygen atoms in total. The first kappa shape index (κ1) is 8.41. The fourth-order valence-electron chi connectivity index (χ4n) is 3.32. The Morgan fingerprint density at radius 2 is 2.07 bits per heavy atom. The van der Waals surface area contributed by atoms with E-state index in [4.69, 9.17) is 9.47 Å². The average Bonchev–Trinajstić information content (AvgIpc) is 2.62. The van der Waals surface area contributed by atoms with Crippen LogP contribution in [0.5, 0.6) is 0 Å². The van der Waals surface area contributed by atoms with Crippen LogP contribution in [0.25, 0.3) is 0 Å². The van der Waals surface area contributed by atoms with Crippen LogP contribution in [0.3, 0.4) is 0 Å². The minimum Gasteiger partial charge on any atom is -0.392 e. The zero-order valence-electron chi connectivity index (χ0n) is 8.20. The van der Waals surface area contributed by atoms with Gasteiger partial charge in [0.25, 0.3) is 0 Å². The van der Waals surface area contributed by atoms with Gasteiger partial charge in [0, 0.05) is 0 Å². The predicted octanol–water partition coefficient (Wildman–Crippen LogP) is 0.644. The highest BCUT2D eigenvalue weighted by Gasteiger charge is 2.73. The summed E-state index contributed by atoms with van der Waals surface area (Å²) in [5.41, 5.74) is -1.19. The second-order valence-corrected chi connectivity index (χ2v) is 4.88. The largest absolute Gasteiger partial charge is 0.392 e. The van der Waals surface area contributed by atoms with Gasteiger partial charge in [0.1, 0.15) is 11.3 Å². The Kier molecular flexibility index (Phi) is 1.22. The van der Waals surface area contributed by atoms with Gasteiger partial charge < -0.3 is 9.47 Å². The molecule has 76 valence electrons. The summed E-state index contributed by atoms with van der Waals surface area (Å²) in [5, 5.41) is 0. The van der Waals surface area contributed by atoms with E-state index in [9.17, 15) is 9.59 Å². The first-order chi connectivity index (χ1) is 6.48. The minimum absolute atomic E-state index is 0.128. The number of rotatable bonds is 0. The number of hydrogen-bond acceptors (Lipinski definition) is 4. The summed E-state index contributed by atoms with van der Waals surface area (Å²) in [6.07, 6.45) is 1.57. The van der Waals surface area contributed by atoms with Gasteiger partial charge >= 0.3 is 11.9 Å². The van der Waals surface area contributed by atoms with Crippen molar-refractivity contribution in [2.75, 3.05) is 0 Å². The van der Waals surface area contributed by atoms with Crippen molar-refractivity contribution in [2.45, 2.75) is 38.4 Å². The number of fused-ring (bicyclic) bond motifs is 5. The van der Waals surface area contributed by atoms with Gasteiger partial charge in [0.05, 0.1) is 11.7 Å². The summed E-state index contributed by atoms with van der Waals surface area (Å²) in [7, 11) is 0. The lowest BCUT2D eigenvalue weighted by atomic mass is 9.64. The molecule has 0 amide bonds. The van der Waals surface area contributed by atoms with Gasteiger partial charge in [0.15, 0.2) is 0 Å². The van der Waals surface area contributed by atoms with E-state index in [0.717, 1.165) is 12.8 Å². The first-order valence-electron chi connectivity index (χ1n) is 4.92. The molecule has 0 aromatic heterocycles. The Bertz CT molecular complexity index is 350. The smallest absolute Gasteiger partial charge is 0.323 e. The fourth-order valence-corrected chi connectivity index (χ4v) is 3.32. The van der Waals surface area contributed by atoms with Crippen LogP contribution in [0.4, 0.5) is 0 Å². The van der Waals surface area contributed by atoms with Crippen molar-refractivity contribution in [1.82, 2.24) is 0 Å². The molecule has 3 rings (SSSR count). The number of carbonyl (C=O) groups excluding carboxylic acids is 2. The molecule has 0 aliphatic carbocycles. The summed E-state index contributed by atoms with van der Waals surface area (Å²) < 4.78 is 10.5. The van der Waals surface area contributed by atoms with Crippen molar-refractivity contribution in [3.05, 3.63) is 0 Å². The van der Waals surface area contributed by atoms with Crippen LogP contribution in [0.15, 0.2) is 0 Å². The van der Waals surface area contributed by atoms with Crippen LogP contribution in [0.1, 0.15) is 26.7 Å². The highest BCUT2D eigenvalue weighted by molar-refractivity contribution is 6.00. The minimum atomic E-state index is -0.718. The summed E-state index contributed by atoms with van der Waals surface area (Å²) in [5.74, 6) is -1.19. The Labute approximate surface area is 81.6 Å². The molecule has 2 bridgehead atoms. The quantitative estimate of drug-likeness (QED) is 0.421. The van der Waals surface area contributed by atoms with Gasteiger partial charge in [-0.25, -0.2) is 0 Å². The molecular weight excluding hydrogens is 184 g/mol. The normalized spacial score (nSPS) is 55.0. The molecule has 4 heteroatoms. The third kappa shape index (κ3) is 0.639. The van der Waals surface area contributed by atoms with Crippen molar-refractivity contribution in [1.29, 1.82) is 0 Å². The van der Waals surface area contributed by atoms with Gasteiger partial charge in [-0.3, -0.25) is 9.59 Å². The number of hydrogen-bond donors (Lipinski definition) is 0. The van der Waals surface area contributed by atoms with E-state index in [2.05, 4.69) is 0 Å². The Balaban J connectivity index is 2.16. The molecular formula is C10H12O4. The summed E-state index contributed by atoms with van der Waals surface area (Å²) in [6, 6.07) is 0. The number of carbonyl (C=O) groups is 2. The van der Waals surface area contributed by atoms with Crippen molar-refractivity contribution in [2.24, 2.45) is 11.3 Å². The summed E-state index contributed by atoms with van der Waals surface area (Å²) in [6.45, 7) is 3.70. The topological polar surface area (TPSA) is 52.6 Å². The van der Waals surface area contributed by atoms with Crippen molar-refractivity contribution in [3.8, 4) is 0 Å². The molecule has 0 spiro atoms. The van der Waals surface area contributed by atoms with Crippen LogP contribution in [-0.2, 0) is 19.1 Å². The number of cyclic esters (lactones) is 2. The van der Waals surface area contributed by atoms with Crippen LogP contribution in [-0.4, -0.2) is 23.6 Å². The second-order valence-electron chi connectivity index (χ2n) is 4.88. The average molecular weight is 196 g/mol. The zero-order valence-corrected chi connectivity index (χ0v) is 8.20. The molecule has 3 aliphatic heterocycles. The van der Waals surface area contributed by atoms with Gasteiger partial charge in [-0.2, -0.15) is 0 Å². The lowest BCUT2D eigenvalue weighted by Gasteiger charge is -2.30. The first-order valence-corrected chi connectivity index (χ1v) is 4.92. The molecule has 4 atom stereocenters. The Morgan fingerprint density at radius 1 is 1.36 bits per heavy atom. The van der Waals surface area contributed by atoms with E-state index < -0.39 is 23.0 Å². The van der Waals surface area contributed by atoms with E-state index in [1.54, 1.807) is 6.92 Å². The fraction of sp³-hybridized carbons (Fsp3) is 0.800. The molecule has 0 radical (unpaired) electrons. The van der Waals surface area contributed by atoms with Crippen molar-refractivity contribution in [3.63, 3.8) is 0 Å². The molecule has 3 saturated heterocycles. The molecule has 0 N–H and O–H groups in total. The molecule has 0 aromatic carbocycles. The molecule has 3 aliphatic rings. The maximum Gasteiger partial charge on any atom is 0.323 e. The lowest BCUT2D eigenvalue weighted by Crippen LogP contribution is -2.44. The summed E-state index contributed by atoms with van der Waals surface area (Å²) >= 11 is 0. The SMILES string of the molecule is C[C@]12C(=O)OC(=O)[C@@H]1[C@]1(C)CC[C@@H]2O1.